The summed E-state index contributed by atoms with van der Waals surface area (Å²) in [5.41, 5.74) is 7.64. The SMILES string of the molecule is [N-]=[N+]=NCC(=O)Nc1cc(F)ccc1F. The standard InChI is InChI=1S/C8H6F2N4O/c9-5-1-2-6(10)7(3-5)13-8(15)4-12-14-11/h1-3H,4H2,(H,13,15). The third-order valence-electron chi connectivity index (χ3n) is 1.48. The number of hydrogen-bond donors (Lipinski definition) is 1. The summed E-state index contributed by atoms with van der Waals surface area (Å²) in [6, 6.07) is 2.65. The molecule has 0 aliphatic rings. The van der Waals surface area contributed by atoms with Crippen LogP contribution in [0.5, 0.6) is 0 Å². The lowest BCUT2D eigenvalue weighted by Crippen LogP contribution is -2.15. The highest BCUT2D eigenvalue weighted by molar-refractivity contribution is 5.92. The highest BCUT2D eigenvalue weighted by Gasteiger charge is 2.06. The molecule has 0 aliphatic heterocycles. The van der Waals surface area contributed by atoms with Crippen molar-refractivity contribution in [3.8, 4) is 0 Å². The van der Waals surface area contributed by atoms with Gasteiger partial charge < -0.3 is 5.32 Å². The van der Waals surface area contributed by atoms with E-state index < -0.39 is 24.1 Å². The summed E-state index contributed by atoms with van der Waals surface area (Å²) in [6.07, 6.45) is 0. The smallest absolute Gasteiger partial charge is 0.230 e. The first-order valence-electron chi connectivity index (χ1n) is 3.89. The molecule has 0 bridgehead atoms. The molecule has 1 N–H and O–H groups in total. The Bertz CT molecular complexity index is 429. The first-order valence-corrected chi connectivity index (χ1v) is 3.89. The van der Waals surface area contributed by atoms with Gasteiger partial charge in [0.15, 0.2) is 0 Å². The van der Waals surface area contributed by atoms with E-state index >= 15 is 0 Å². The zero-order chi connectivity index (χ0) is 11.3. The maximum Gasteiger partial charge on any atom is 0.230 e. The van der Waals surface area contributed by atoms with Crippen molar-refractivity contribution >= 4 is 11.6 Å². The van der Waals surface area contributed by atoms with Crippen LogP contribution in [-0.4, -0.2) is 12.5 Å². The highest BCUT2D eigenvalue weighted by Crippen LogP contribution is 2.14. The number of azide groups is 1. The van der Waals surface area contributed by atoms with Gasteiger partial charge in [0.05, 0.1) is 5.69 Å². The number of rotatable bonds is 3. The van der Waals surface area contributed by atoms with Crippen molar-refractivity contribution in [1.29, 1.82) is 0 Å². The minimum Gasteiger partial charge on any atom is -0.323 e. The molecule has 0 radical (unpaired) electrons. The number of amides is 1. The summed E-state index contributed by atoms with van der Waals surface area (Å²) in [4.78, 5) is 13.3. The molecule has 0 saturated carbocycles. The van der Waals surface area contributed by atoms with Crippen molar-refractivity contribution < 1.29 is 13.6 Å². The Labute approximate surface area is 83.3 Å². The van der Waals surface area contributed by atoms with Crippen LogP contribution in [0.25, 0.3) is 10.4 Å². The predicted octanol–water partition coefficient (Wildman–Crippen LogP) is 2.21. The van der Waals surface area contributed by atoms with Crippen LogP contribution in [-0.2, 0) is 4.79 Å². The number of benzene rings is 1. The summed E-state index contributed by atoms with van der Waals surface area (Å²) in [7, 11) is 0. The van der Waals surface area contributed by atoms with Crippen molar-refractivity contribution in [3.05, 3.63) is 40.3 Å². The molecule has 0 spiro atoms. The van der Waals surface area contributed by atoms with E-state index in [1.807, 2.05) is 0 Å². The summed E-state index contributed by atoms with van der Waals surface area (Å²) >= 11 is 0. The molecule has 0 aromatic heterocycles. The second kappa shape index (κ2) is 4.92. The Morgan fingerprint density at radius 3 is 2.93 bits per heavy atom. The zero-order valence-corrected chi connectivity index (χ0v) is 7.44. The third kappa shape index (κ3) is 3.24. The molecule has 1 rings (SSSR count). The summed E-state index contributed by atoms with van der Waals surface area (Å²) in [6.45, 7) is -0.466. The first-order chi connectivity index (χ1) is 7.13. The van der Waals surface area contributed by atoms with E-state index in [9.17, 15) is 13.6 Å². The van der Waals surface area contributed by atoms with Crippen molar-refractivity contribution in [3.63, 3.8) is 0 Å². The molecular weight excluding hydrogens is 206 g/mol. The number of hydrogen-bond acceptors (Lipinski definition) is 2. The van der Waals surface area contributed by atoms with Crippen LogP contribution < -0.4 is 5.32 Å². The van der Waals surface area contributed by atoms with E-state index in [0.717, 1.165) is 18.2 Å². The molecular formula is C8H6F2N4O. The van der Waals surface area contributed by atoms with E-state index in [1.54, 1.807) is 0 Å². The molecule has 1 aromatic carbocycles. The van der Waals surface area contributed by atoms with Gasteiger partial charge in [-0.1, -0.05) is 5.11 Å². The van der Waals surface area contributed by atoms with Gasteiger partial charge in [0.1, 0.15) is 18.2 Å². The van der Waals surface area contributed by atoms with Gasteiger partial charge in [-0.3, -0.25) is 4.79 Å². The van der Waals surface area contributed by atoms with Crippen molar-refractivity contribution in [2.24, 2.45) is 5.11 Å². The molecule has 5 nitrogen and oxygen atoms in total. The number of carbonyl (C=O) groups excluding carboxylic acids is 1. The number of halogens is 2. The van der Waals surface area contributed by atoms with Crippen molar-refractivity contribution in [1.82, 2.24) is 0 Å². The monoisotopic (exact) mass is 212 g/mol. The predicted molar refractivity (Wildman–Crippen MR) is 49.0 cm³/mol. The fraction of sp³-hybridized carbons (Fsp3) is 0.125. The van der Waals surface area contributed by atoms with Crippen LogP contribution in [0.1, 0.15) is 0 Å². The molecule has 0 heterocycles. The van der Waals surface area contributed by atoms with E-state index in [0.29, 0.717) is 0 Å². The first kappa shape index (κ1) is 10.9. The van der Waals surface area contributed by atoms with Crippen LogP contribution in [0, 0.1) is 11.6 Å². The van der Waals surface area contributed by atoms with Gasteiger partial charge in [0.2, 0.25) is 5.91 Å². The van der Waals surface area contributed by atoms with Crippen LogP contribution in [0.4, 0.5) is 14.5 Å². The molecule has 0 unspecified atom stereocenters. The van der Waals surface area contributed by atoms with E-state index in [2.05, 4.69) is 15.3 Å². The van der Waals surface area contributed by atoms with E-state index in [-0.39, 0.29) is 5.69 Å². The normalized spacial score (nSPS) is 9.20. The van der Waals surface area contributed by atoms with Gasteiger partial charge in [-0.2, -0.15) is 0 Å². The van der Waals surface area contributed by atoms with Gasteiger partial charge in [-0.05, 0) is 17.7 Å². The zero-order valence-electron chi connectivity index (χ0n) is 7.44. The fourth-order valence-corrected chi connectivity index (χ4v) is 0.879. The molecule has 0 atom stereocenters. The summed E-state index contributed by atoms with van der Waals surface area (Å²) in [5.74, 6) is -2.14. The molecule has 0 fully saturated rings. The minimum atomic E-state index is -0.759. The Kier molecular flexibility index (Phi) is 3.59. The second-order valence-electron chi connectivity index (χ2n) is 2.56. The third-order valence-corrected chi connectivity index (χ3v) is 1.48. The lowest BCUT2D eigenvalue weighted by atomic mass is 10.3. The number of carbonyl (C=O) groups is 1. The molecule has 78 valence electrons. The average molecular weight is 212 g/mol. The molecule has 0 saturated heterocycles. The topological polar surface area (TPSA) is 77.9 Å². The highest BCUT2D eigenvalue weighted by atomic mass is 19.1. The van der Waals surface area contributed by atoms with Crippen LogP contribution in [0.15, 0.2) is 23.3 Å². The van der Waals surface area contributed by atoms with E-state index in [4.69, 9.17) is 5.53 Å². The minimum absolute atomic E-state index is 0.284. The second-order valence-corrected chi connectivity index (χ2v) is 2.56. The lowest BCUT2D eigenvalue weighted by molar-refractivity contribution is -0.114. The maximum atomic E-state index is 13.0. The van der Waals surface area contributed by atoms with Crippen LogP contribution >= 0.6 is 0 Å². The molecule has 7 heteroatoms. The van der Waals surface area contributed by atoms with Gasteiger partial charge in [-0.15, -0.1) is 0 Å². The number of nitrogens with one attached hydrogen (secondary N) is 1. The van der Waals surface area contributed by atoms with Crippen LogP contribution in [0.2, 0.25) is 0 Å². The van der Waals surface area contributed by atoms with Crippen molar-refractivity contribution in [2.45, 2.75) is 0 Å². The van der Waals surface area contributed by atoms with Gasteiger partial charge >= 0.3 is 0 Å². The fourth-order valence-electron chi connectivity index (χ4n) is 0.879. The lowest BCUT2D eigenvalue weighted by Gasteiger charge is -2.04. The van der Waals surface area contributed by atoms with Gasteiger partial charge in [-0.25, -0.2) is 8.78 Å². The molecule has 0 aliphatic carbocycles. The van der Waals surface area contributed by atoms with E-state index in [1.165, 1.54) is 0 Å². The maximum absolute atomic E-state index is 13.0. The Morgan fingerprint density at radius 1 is 1.53 bits per heavy atom. The summed E-state index contributed by atoms with van der Waals surface area (Å²) < 4.78 is 25.6. The molecule has 15 heavy (non-hydrogen) atoms. The van der Waals surface area contributed by atoms with Gasteiger partial charge in [0, 0.05) is 11.0 Å². The van der Waals surface area contributed by atoms with Crippen LogP contribution in [0.3, 0.4) is 0 Å². The Morgan fingerprint density at radius 2 is 2.27 bits per heavy atom. The molecule has 1 aromatic rings. The summed E-state index contributed by atoms with van der Waals surface area (Å²) in [5, 5.41) is 5.04. The number of nitrogens with zero attached hydrogens (tertiary/aromatic N) is 3. The Balaban J connectivity index is 2.75. The number of anilines is 1. The molecule has 1 amide bonds. The van der Waals surface area contributed by atoms with Gasteiger partial charge in [0.25, 0.3) is 0 Å². The van der Waals surface area contributed by atoms with Crippen molar-refractivity contribution in [2.75, 3.05) is 11.9 Å². The average Bonchev–Trinajstić information content (AvgIpc) is 2.20. The quantitative estimate of drug-likeness (QED) is 0.465. The Hall–Kier alpha value is -2.14. The largest absolute Gasteiger partial charge is 0.323 e.